The lowest BCUT2D eigenvalue weighted by molar-refractivity contribution is -0.137. The van der Waals surface area contributed by atoms with Gasteiger partial charge in [-0.25, -0.2) is 18.7 Å². The van der Waals surface area contributed by atoms with Gasteiger partial charge in [0.15, 0.2) is 0 Å². The first-order valence-electron chi connectivity index (χ1n) is 10.2. The molecule has 176 valence electrons. The van der Waals surface area contributed by atoms with Crippen LogP contribution in [0.3, 0.4) is 0 Å². The molecule has 2 aliphatic rings. The highest BCUT2D eigenvalue weighted by Gasteiger charge is 2.49. The molecule has 0 amide bonds. The van der Waals surface area contributed by atoms with Crippen molar-refractivity contribution in [2.75, 3.05) is 25.4 Å². The summed E-state index contributed by atoms with van der Waals surface area (Å²) in [4.78, 5) is 12.0. The zero-order valence-corrected chi connectivity index (χ0v) is 17.2. The third kappa shape index (κ3) is 3.74. The van der Waals surface area contributed by atoms with Gasteiger partial charge < -0.3 is 15.5 Å². The number of imidazole rings is 1. The number of pyridine rings is 1. The Morgan fingerprint density at radius 1 is 1.18 bits per heavy atom. The monoisotopic (exact) mass is 469 g/mol. The quantitative estimate of drug-likeness (QED) is 0.570. The van der Waals surface area contributed by atoms with Crippen molar-refractivity contribution in [3.63, 3.8) is 0 Å². The van der Waals surface area contributed by atoms with Gasteiger partial charge in [-0.2, -0.15) is 18.3 Å². The number of hydrogen-bond acceptors (Lipinski definition) is 6. The normalized spacial score (nSPS) is 22.2. The van der Waals surface area contributed by atoms with Crippen LogP contribution in [-0.4, -0.2) is 55.8 Å². The summed E-state index contributed by atoms with van der Waals surface area (Å²) in [5.41, 5.74) is 4.52. The van der Waals surface area contributed by atoms with Crippen molar-refractivity contribution in [3.05, 3.63) is 47.8 Å². The van der Waals surface area contributed by atoms with Crippen LogP contribution in [0.5, 0.6) is 0 Å². The molecule has 2 atom stereocenters. The molecule has 3 N–H and O–H groups in total. The maximum atomic E-state index is 13.9. The summed E-state index contributed by atoms with van der Waals surface area (Å²) in [6.07, 6.45) is -2.75. The summed E-state index contributed by atoms with van der Waals surface area (Å²) < 4.78 is 75.3. The number of likely N-dealkylation sites (tertiary alicyclic amines) is 1. The number of fused-ring (bicyclic) bond motifs is 2. The van der Waals surface area contributed by atoms with E-state index in [9.17, 15) is 22.0 Å². The Bertz CT molecular complexity index is 1150. The molecule has 33 heavy (non-hydrogen) atoms. The average Bonchev–Trinajstić information content (AvgIpc) is 3.49. The highest BCUT2D eigenvalue weighted by molar-refractivity contribution is 5.63. The zero-order chi connectivity index (χ0) is 23.4. The predicted octanol–water partition coefficient (Wildman–Crippen LogP) is 3.21. The number of rotatable bonds is 4. The highest BCUT2D eigenvalue weighted by atomic mass is 19.4. The third-order valence-corrected chi connectivity index (χ3v) is 6.14. The Kier molecular flexibility index (Phi) is 5.12. The Labute approximate surface area is 184 Å². The molecule has 1 saturated heterocycles. The van der Waals surface area contributed by atoms with E-state index in [0.29, 0.717) is 31.8 Å². The number of hydrogen-bond donors (Lipinski definition) is 2. The van der Waals surface area contributed by atoms with Gasteiger partial charge in [0.2, 0.25) is 0 Å². The molecular formula is C20H20F5N7O. The molecule has 13 heteroatoms. The maximum absolute atomic E-state index is 13.9. The minimum Gasteiger partial charge on any atom is -0.383 e. The number of anilines is 1. The van der Waals surface area contributed by atoms with Crippen LogP contribution >= 0.6 is 0 Å². The smallest absolute Gasteiger partial charge is 0.383 e. The molecule has 8 nitrogen and oxygen atoms in total. The van der Waals surface area contributed by atoms with Gasteiger partial charge in [0, 0.05) is 37.2 Å². The van der Waals surface area contributed by atoms with Gasteiger partial charge in [-0.05, 0) is 18.6 Å². The van der Waals surface area contributed by atoms with Gasteiger partial charge in [0.05, 0.1) is 30.1 Å². The van der Waals surface area contributed by atoms with Crippen LogP contribution in [0.1, 0.15) is 29.5 Å². The second-order valence-corrected chi connectivity index (χ2v) is 8.11. The number of nitrogens with two attached hydrogens (primary N) is 1. The summed E-state index contributed by atoms with van der Waals surface area (Å²) in [5.74, 6) is -0.447. The van der Waals surface area contributed by atoms with Crippen LogP contribution in [0.2, 0.25) is 0 Å². The first-order chi connectivity index (χ1) is 15.7. The van der Waals surface area contributed by atoms with Gasteiger partial charge in [-0.1, -0.05) is 0 Å². The van der Waals surface area contributed by atoms with Crippen molar-refractivity contribution in [2.45, 2.75) is 37.2 Å². The number of nitrogens with one attached hydrogen (secondary N) is 1. The van der Waals surface area contributed by atoms with E-state index in [1.54, 1.807) is 15.6 Å². The van der Waals surface area contributed by atoms with Crippen LogP contribution in [0.15, 0.2) is 30.7 Å². The molecule has 0 bridgehead atoms. The number of aromatic amines is 1. The molecule has 5 rings (SSSR count). The molecule has 0 saturated carbocycles. The lowest BCUT2D eigenvalue weighted by Gasteiger charge is -2.35. The summed E-state index contributed by atoms with van der Waals surface area (Å²) in [7, 11) is 0. The minimum atomic E-state index is -4.65. The first-order valence-corrected chi connectivity index (χ1v) is 10.2. The topological polar surface area (TPSA) is 97.9 Å². The lowest BCUT2D eigenvalue weighted by Crippen LogP contribution is -2.42. The van der Waals surface area contributed by atoms with Crippen LogP contribution < -0.4 is 5.73 Å². The number of nitrogen functional groups attached to an aromatic ring is 1. The summed E-state index contributed by atoms with van der Waals surface area (Å²) in [5, 5.41) is 4.45. The number of ether oxygens (including phenoxy) is 1. The molecule has 1 spiro atoms. The van der Waals surface area contributed by atoms with Gasteiger partial charge in [0.25, 0.3) is 6.43 Å². The molecule has 3 aromatic rings. The number of alkyl halides is 5. The van der Waals surface area contributed by atoms with Gasteiger partial charge in [0.1, 0.15) is 23.3 Å². The second-order valence-electron chi connectivity index (χ2n) is 8.11. The maximum Gasteiger partial charge on any atom is 0.419 e. The van der Waals surface area contributed by atoms with Crippen molar-refractivity contribution in [1.82, 2.24) is 29.6 Å². The second kappa shape index (κ2) is 7.76. The molecule has 0 radical (unpaired) electrons. The predicted molar refractivity (Wildman–Crippen MR) is 106 cm³/mol. The van der Waals surface area contributed by atoms with Crippen LogP contribution in [0.25, 0.3) is 11.3 Å². The Morgan fingerprint density at radius 2 is 2.00 bits per heavy atom. The van der Waals surface area contributed by atoms with E-state index in [0.717, 1.165) is 6.07 Å². The lowest BCUT2D eigenvalue weighted by atomic mass is 9.96. The van der Waals surface area contributed by atoms with E-state index in [1.807, 2.05) is 0 Å². The van der Waals surface area contributed by atoms with E-state index < -0.39 is 35.6 Å². The molecule has 5 heterocycles. The van der Waals surface area contributed by atoms with Crippen LogP contribution in [0, 0.1) is 0 Å². The Morgan fingerprint density at radius 3 is 2.70 bits per heavy atom. The average molecular weight is 469 g/mol. The van der Waals surface area contributed by atoms with E-state index in [2.05, 4.69) is 20.1 Å². The molecule has 2 unspecified atom stereocenters. The largest absolute Gasteiger partial charge is 0.419 e. The van der Waals surface area contributed by atoms with Crippen molar-refractivity contribution >= 4 is 5.82 Å². The molecule has 0 aliphatic carbocycles. The van der Waals surface area contributed by atoms with Crippen molar-refractivity contribution in [2.24, 2.45) is 0 Å². The summed E-state index contributed by atoms with van der Waals surface area (Å²) in [6.45, 7) is 1.19. The van der Waals surface area contributed by atoms with Crippen LogP contribution in [-0.2, 0) is 23.1 Å². The fourth-order valence-electron chi connectivity index (χ4n) is 4.60. The van der Waals surface area contributed by atoms with Crippen molar-refractivity contribution in [1.29, 1.82) is 0 Å². The molecule has 2 aliphatic heterocycles. The van der Waals surface area contributed by atoms with Crippen molar-refractivity contribution in [3.8, 4) is 11.3 Å². The highest BCUT2D eigenvalue weighted by Crippen LogP contribution is 2.43. The summed E-state index contributed by atoms with van der Waals surface area (Å²) in [6, 6.07) is 1.33. The standard InChI is InChI=1S/C20H20F5N7O/c21-16(22)15(18-27-2-3-28-18)31-4-1-19(10-31)14-8-13(30-32(14)5-6-33-19)11-7-12(20(23,24)25)17(26)29-9-11/h2-3,7-9,15-16H,1,4-6,10H2,(H2,26,29)(H,27,28). The number of aromatic nitrogens is 5. The number of nitrogens with zero attached hydrogens (tertiary/aromatic N) is 5. The Hall–Kier alpha value is -3.06. The molecule has 3 aromatic heterocycles. The molecule has 0 aromatic carbocycles. The molecular weight excluding hydrogens is 449 g/mol. The van der Waals surface area contributed by atoms with Gasteiger partial charge in [-0.3, -0.25) is 9.58 Å². The fourth-order valence-corrected chi connectivity index (χ4v) is 4.60. The van der Waals surface area contributed by atoms with E-state index in [4.69, 9.17) is 10.5 Å². The van der Waals surface area contributed by atoms with Crippen LogP contribution in [0.4, 0.5) is 27.8 Å². The number of H-pyrrole nitrogens is 1. The Balaban J connectivity index is 1.48. The zero-order valence-electron chi connectivity index (χ0n) is 17.2. The van der Waals surface area contributed by atoms with E-state index in [1.165, 1.54) is 18.6 Å². The summed E-state index contributed by atoms with van der Waals surface area (Å²) >= 11 is 0. The van der Waals surface area contributed by atoms with Crippen molar-refractivity contribution < 1.29 is 26.7 Å². The SMILES string of the molecule is Nc1ncc(-c2cc3n(n2)CCOC32CCN(C(c3ncc[nH]3)C(F)F)C2)cc1C(F)(F)F. The minimum absolute atomic E-state index is 0.157. The third-order valence-electron chi connectivity index (χ3n) is 6.14. The first kappa shape index (κ1) is 21.8. The van der Waals surface area contributed by atoms with E-state index >= 15 is 0 Å². The fraction of sp³-hybridized carbons (Fsp3) is 0.450. The number of halogens is 5. The molecule has 1 fully saturated rings. The van der Waals surface area contributed by atoms with Gasteiger partial charge in [-0.15, -0.1) is 0 Å². The van der Waals surface area contributed by atoms with Gasteiger partial charge >= 0.3 is 6.18 Å². The van der Waals surface area contributed by atoms with E-state index in [-0.39, 0.29) is 23.6 Å².